The van der Waals surface area contributed by atoms with Crippen LogP contribution in [0.25, 0.3) is 0 Å². The Balaban J connectivity index is 2.45. The number of carbonyl (C=O) groups is 1. The molecule has 2 aromatic carbocycles. The monoisotopic (exact) mass is 256 g/mol. The quantitative estimate of drug-likeness (QED) is 0.626. The first-order valence-corrected chi connectivity index (χ1v) is 5.70. The molecule has 1 amide bonds. The number of aryl methyl sites for hydroxylation is 1. The molecule has 5 heteroatoms. The topological polar surface area (TPSA) is 63.5 Å². The highest BCUT2D eigenvalue weighted by atomic mass is 16.7. The molecular weight excluding hydrogens is 244 g/mol. The van der Waals surface area contributed by atoms with Crippen molar-refractivity contribution in [1.82, 2.24) is 0 Å². The van der Waals surface area contributed by atoms with E-state index in [-0.39, 0.29) is 11.3 Å². The van der Waals surface area contributed by atoms with Gasteiger partial charge in [0.15, 0.2) is 5.03 Å². The molecule has 0 saturated heterocycles. The number of hydrogen-bond donors (Lipinski definition) is 0. The van der Waals surface area contributed by atoms with E-state index in [1.54, 1.807) is 61.5 Å². The van der Waals surface area contributed by atoms with E-state index in [2.05, 4.69) is 0 Å². The van der Waals surface area contributed by atoms with E-state index >= 15 is 0 Å². The lowest BCUT2D eigenvalue weighted by atomic mass is 10.1. The minimum absolute atomic E-state index is 0.279. The van der Waals surface area contributed by atoms with E-state index in [1.807, 2.05) is 0 Å². The van der Waals surface area contributed by atoms with Crippen LogP contribution in [0.15, 0.2) is 54.6 Å². The van der Waals surface area contributed by atoms with Crippen LogP contribution in [0.2, 0.25) is 0 Å². The number of rotatable bonds is 3. The maximum absolute atomic E-state index is 12.2. The van der Waals surface area contributed by atoms with Crippen LogP contribution in [0, 0.1) is 17.0 Å². The van der Waals surface area contributed by atoms with E-state index in [4.69, 9.17) is 0 Å². The fourth-order valence-electron chi connectivity index (χ4n) is 1.78. The van der Waals surface area contributed by atoms with Crippen molar-refractivity contribution in [3.63, 3.8) is 0 Å². The highest BCUT2D eigenvalue weighted by Crippen LogP contribution is 2.21. The van der Waals surface area contributed by atoms with Gasteiger partial charge >= 0.3 is 5.91 Å². The number of carbonyl (C=O) groups excluding carboxylic acids is 1. The van der Waals surface area contributed by atoms with Gasteiger partial charge < -0.3 is 0 Å². The average molecular weight is 256 g/mol. The lowest BCUT2D eigenvalue weighted by molar-refractivity contribution is -0.481. The predicted molar refractivity (Wildman–Crippen MR) is 71.4 cm³/mol. The van der Waals surface area contributed by atoms with Gasteiger partial charge in [-0.05, 0) is 35.7 Å². The number of nitro groups is 1. The molecule has 2 rings (SSSR count). The molecule has 0 N–H and O–H groups in total. The van der Waals surface area contributed by atoms with Crippen molar-refractivity contribution in [1.29, 1.82) is 0 Å². The molecule has 5 nitrogen and oxygen atoms in total. The molecule has 0 saturated carbocycles. The summed E-state index contributed by atoms with van der Waals surface area (Å²) in [4.78, 5) is 23.4. The Bertz CT molecular complexity index is 611. The summed E-state index contributed by atoms with van der Waals surface area (Å²) in [6.45, 7) is 1.73. The van der Waals surface area contributed by atoms with E-state index < -0.39 is 10.9 Å². The van der Waals surface area contributed by atoms with Crippen molar-refractivity contribution < 1.29 is 9.83 Å². The lowest BCUT2D eigenvalue weighted by Gasteiger charge is -2.14. The third-order valence-corrected chi connectivity index (χ3v) is 2.72. The van der Waals surface area contributed by atoms with Gasteiger partial charge in [0.1, 0.15) is 5.69 Å². The third-order valence-electron chi connectivity index (χ3n) is 2.72. The molecule has 19 heavy (non-hydrogen) atoms. The second kappa shape index (κ2) is 5.30. The summed E-state index contributed by atoms with van der Waals surface area (Å²) < 4.78 is 0. The lowest BCUT2D eigenvalue weighted by Crippen LogP contribution is -2.36. The zero-order chi connectivity index (χ0) is 13.8. The van der Waals surface area contributed by atoms with Crippen molar-refractivity contribution in [3.05, 3.63) is 75.8 Å². The van der Waals surface area contributed by atoms with Gasteiger partial charge in [0.2, 0.25) is 0 Å². The SMILES string of the molecule is Cc1ccccc1N(C(=O)c1ccccc1)[N+](=O)[O-]. The highest BCUT2D eigenvalue weighted by Gasteiger charge is 2.28. The number of anilines is 1. The summed E-state index contributed by atoms with van der Waals surface area (Å²) in [6, 6.07) is 14.9. The van der Waals surface area contributed by atoms with Crippen LogP contribution in [-0.2, 0) is 0 Å². The zero-order valence-corrected chi connectivity index (χ0v) is 10.3. The first-order valence-electron chi connectivity index (χ1n) is 5.70. The van der Waals surface area contributed by atoms with Crippen molar-refractivity contribution in [2.24, 2.45) is 0 Å². The van der Waals surface area contributed by atoms with Crippen molar-refractivity contribution in [2.45, 2.75) is 6.92 Å². The van der Waals surface area contributed by atoms with E-state index in [0.717, 1.165) is 0 Å². The molecule has 0 aromatic heterocycles. The Morgan fingerprint density at radius 1 is 1.05 bits per heavy atom. The Labute approximate surface area is 110 Å². The summed E-state index contributed by atoms with van der Waals surface area (Å²) in [5.74, 6) is -0.653. The Hall–Kier alpha value is -2.69. The van der Waals surface area contributed by atoms with Gasteiger partial charge in [-0.3, -0.25) is 4.79 Å². The van der Waals surface area contributed by atoms with Gasteiger partial charge in [-0.25, -0.2) is 10.1 Å². The number of para-hydroxylation sites is 1. The van der Waals surface area contributed by atoms with Crippen LogP contribution in [0.5, 0.6) is 0 Å². The molecule has 0 spiro atoms. The standard InChI is InChI=1S/C14H12N2O3/c1-11-7-5-6-10-13(11)15(16(18)19)14(17)12-8-3-2-4-9-12/h2-10H,1H3. The zero-order valence-electron chi connectivity index (χ0n) is 10.3. The van der Waals surface area contributed by atoms with Gasteiger partial charge in [-0.1, -0.05) is 36.4 Å². The van der Waals surface area contributed by atoms with Crippen LogP contribution < -0.4 is 5.01 Å². The number of hydrazine groups is 1. The molecule has 0 unspecified atom stereocenters. The van der Waals surface area contributed by atoms with Crippen LogP contribution in [0.4, 0.5) is 5.69 Å². The first kappa shape index (κ1) is 12.8. The molecule has 0 bridgehead atoms. The van der Waals surface area contributed by atoms with Gasteiger partial charge in [0.25, 0.3) is 0 Å². The maximum atomic E-state index is 12.2. The smallest absolute Gasteiger partial charge is 0.262 e. The normalized spacial score (nSPS) is 9.95. The molecule has 2 aromatic rings. The summed E-state index contributed by atoms with van der Waals surface area (Å²) in [6.07, 6.45) is 0. The predicted octanol–water partition coefficient (Wildman–Crippen LogP) is 2.83. The molecule has 96 valence electrons. The van der Waals surface area contributed by atoms with Crippen LogP contribution in [0.3, 0.4) is 0 Å². The number of amides is 1. The summed E-state index contributed by atoms with van der Waals surface area (Å²) in [5, 5.41) is 11.1. The molecule has 0 fully saturated rings. The van der Waals surface area contributed by atoms with E-state index in [0.29, 0.717) is 10.6 Å². The fourth-order valence-corrected chi connectivity index (χ4v) is 1.78. The molecule has 0 heterocycles. The van der Waals surface area contributed by atoms with Crippen molar-refractivity contribution >= 4 is 11.6 Å². The molecule has 0 atom stereocenters. The minimum atomic E-state index is -0.697. The Kier molecular flexibility index (Phi) is 3.56. The maximum Gasteiger partial charge on any atom is 0.319 e. The molecule has 0 radical (unpaired) electrons. The van der Waals surface area contributed by atoms with Crippen LogP contribution >= 0.6 is 0 Å². The molecule has 0 aliphatic carbocycles. The second-order valence-electron chi connectivity index (χ2n) is 4.01. The van der Waals surface area contributed by atoms with Gasteiger partial charge in [-0.15, -0.1) is 0 Å². The third kappa shape index (κ3) is 2.60. The number of nitrogens with zero attached hydrogens (tertiary/aromatic N) is 2. The number of hydrogen-bond acceptors (Lipinski definition) is 3. The van der Waals surface area contributed by atoms with Crippen LogP contribution in [0.1, 0.15) is 15.9 Å². The molecular formula is C14H12N2O3. The molecule has 0 aliphatic rings. The summed E-state index contributed by atoms with van der Waals surface area (Å²) >= 11 is 0. The van der Waals surface area contributed by atoms with Gasteiger partial charge in [0, 0.05) is 5.56 Å². The van der Waals surface area contributed by atoms with Gasteiger partial charge in [-0.2, -0.15) is 0 Å². The first-order chi connectivity index (χ1) is 9.11. The van der Waals surface area contributed by atoms with Crippen molar-refractivity contribution in [2.75, 3.05) is 5.01 Å². The van der Waals surface area contributed by atoms with E-state index in [1.165, 1.54) is 0 Å². The van der Waals surface area contributed by atoms with E-state index in [9.17, 15) is 14.9 Å². The average Bonchev–Trinajstić information content (AvgIpc) is 2.42. The fraction of sp³-hybridized carbons (Fsp3) is 0.0714. The largest absolute Gasteiger partial charge is 0.319 e. The minimum Gasteiger partial charge on any atom is -0.262 e. The van der Waals surface area contributed by atoms with Crippen molar-refractivity contribution in [3.8, 4) is 0 Å². The Morgan fingerprint density at radius 3 is 2.21 bits per heavy atom. The number of benzene rings is 2. The summed E-state index contributed by atoms with van der Waals surface area (Å²) in [5.41, 5.74) is 1.23. The second-order valence-corrected chi connectivity index (χ2v) is 4.01. The highest BCUT2D eigenvalue weighted by molar-refractivity contribution is 6.04. The summed E-state index contributed by atoms with van der Waals surface area (Å²) in [7, 11) is 0. The molecule has 0 aliphatic heterocycles. The van der Waals surface area contributed by atoms with Crippen LogP contribution in [-0.4, -0.2) is 10.9 Å². The van der Waals surface area contributed by atoms with Gasteiger partial charge in [0.05, 0.1) is 0 Å². The Morgan fingerprint density at radius 2 is 1.63 bits per heavy atom.